The quantitative estimate of drug-likeness (QED) is 0.629. The Labute approximate surface area is 103 Å². The predicted molar refractivity (Wildman–Crippen MR) is 65.4 cm³/mol. The fraction of sp³-hybridized carbons (Fsp3) is 0.917. The molecule has 2 atom stereocenters. The highest BCUT2D eigenvalue weighted by Crippen LogP contribution is 2.29. The molecule has 0 aliphatic carbocycles. The molecule has 1 saturated heterocycles. The van der Waals surface area contributed by atoms with Gasteiger partial charge in [0.25, 0.3) is 0 Å². The predicted octanol–water partition coefficient (Wildman–Crippen LogP) is -0.125. The molecule has 0 radical (unpaired) electrons. The molecule has 1 aliphatic rings. The van der Waals surface area contributed by atoms with Gasteiger partial charge in [-0.15, -0.1) is 0 Å². The largest absolute Gasteiger partial charge is 0.396 e. The minimum atomic E-state index is -0.484. The van der Waals surface area contributed by atoms with Crippen LogP contribution in [0.3, 0.4) is 0 Å². The van der Waals surface area contributed by atoms with Gasteiger partial charge in [0.15, 0.2) is 0 Å². The summed E-state index contributed by atoms with van der Waals surface area (Å²) >= 11 is 0. The van der Waals surface area contributed by atoms with Crippen molar-refractivity contribution in [3.05, 3.63) is 0 Å². The van der Waals surface area contributed by atoms with E-state index in [2.05, 4.69) is 5.32 Å². The van der Waals surface area contributed by atoms with E-state index in [4.69, 9.17) is 15.6 Å². The summed E-state index contributed by atoms with van der Waals surface area (Å²) in [6, 6.07) is -0.0428. The molecule has 1 rings (SSSR count). The van der Waals surface area contributed by atoms with E-state index in [1.54, 1.807) is 0 Å². The molecule has 0 aromatic rings. The van der Waals surface area contributed by atoms with Crippen molar-refractivity contribution in [1.82, 2.24) is 5.32 Å². The summed E-state index contributed by atoms with van der Waals surface area (Å²) in [5.41, 5.74) is 5.27. The molecule has 1 fully saturated rings. The number of hydrogen-bond acceptors (Lipinski definition) is 4. The Kier molecular flexibility index (Phi) is 5.36. The van der Waals surface area contributed by atoms with Crippen molar-refractivity contribution in [2.24, 2.45) is 17.1 Å². The van der Waals surface area contributed by atoms with Crippen LogP contribution < -0.4 is 11.1 Å². The maximum atomic E-state index is 12.3. The summed E-state index contributed by atoms with van der Waals surface area (Å²) in [5.74, 6) is 0.0460. The molecule has 1 aliphatic heterocycles. The van der Waals surface area contributed by atoms with Crippen molar-refractivity contribution in [2.75, 3.05) is 26.4 Å². The molecule has 5 heteroatoms. The zero-order valence-electron chi connectivity index (χ0n) is 10.7. The fourth-order valence-corrected chi connectivity index (χ4v) is 1.95. The fourth-order valence-electron chi connectivity index (χ4n) is 1.95. The number of nitrogens with two attached hydrogens (primary N) is 1. The Morgan fingerprint density at radius 2 is 2.06 bits per heavy atom. The lowest BCUT2D eigenvalue weighted by atomic mass is 9.79. The van der Waals surface area contributed by atoms with Gasteiger partial charge in [0.05, 0.1) is 5.41 Å². The number of aliphatic hydroxyl groups excluding tert-OH is 1. The Balaban J connectivity index is 2.60. The molecule has 0 spiro atoms. The number of rotatable bonds is 5. The number of ether oxygens (including phenoxy) is 1. The zero-order chi connectivity index (χ0) is 12.9. The molecule has 0 bridgehead atoms. The second-order valence-corrected chi connectivity index (χ2v) is 5.02. The van der Waals surface area contributed by atoms with Crippen LogP contribution in [0.5, 0.6) is 0 Å². The maximum absolute atomic E-state index is 12.3. The third-order valence-corrected chi connectivity index (χ3v) is 3.82. The third kappa shape index (κ3) is 3.40. The standard InChI is InChI=1S/C12H24N2O3/c1-9(7-15)10(2)14-11(16)12(8-13)3-5-17-6-4-12/h9-10,15H,3-8,13H2,1-2H3,(H,14,16). The van der Waals surface area contributed by atoms with E-state index in [0.29, 0.717) is 32.6 Å². The number of nitrogens with one attached hydrogen (secondary N) is 1. The molecule has 0 aromatic carbocycles. The summed E-state index contributed by atoms with van der Waals surface area (Å²) in [6.45, 7) is 5.41. The van der Waals surface area contributed by atoms with E-state index in [0.717, 1.165) is 0 Å². The van der Waals surface area contributed by atoms with Gasteiger partial charge in [-0.3, -0.25) is 4.79 Å². The first kappa shape index (κ1) is 14.4. The van der Waals surface area contributed by atoms with E-state index < -0.39 is 5.41 Å². The first-order valence-electron chi connectivity index (χ1n) is 6.25. The third-order valence-electron chi connectivity index (χ3n) is 3.82. The Bertz CT molecular complexity index is 252. The van der Waals surface area contributed by atoms with Gasteiger partial charge in [-0.2, -0.15) is 0 Å². The highest BCUT2D eigenvalue weighted by molar-refractivity contribution is 5.83. The Morgan fingerprint density at radius 1 is 1.47 bits per heavy atom. The van der Waals surface area contributed by atoms with Gasteiger partial charge in [0, 0.05) is 32.4 Å². The number of carbonyl (C=O) groups is 1. The van der Waals surface area contributed by atoms with E-state index in [-0.39, 0.29) is 24.5 Å². The number of carbonyl (C=O) groups excluding carboxylic acids is 1. The van der Waals surface area contributed by atoms with Crippen LogP contribution in [0.15, 0.2) is 0 Å². The van der Waals surface area contributed by atoms with Gasteiger partial charge >= 0.3 is 0 Å². The number of amides is 1. The maximum Gasteiger partial charge on any atom is 0.227 e. The van der Waals surface area contributed by atoms with Gasteiger partial charge in [0.2, 0.25) is 5.91 Å². The van der Waals surface area contributed by atoms with Crippen LogP contribution >= 0.6 is 0 Å². The van der Waals surface area contributed by atoms with E-state index in [9.17, 15) is 4.79 Å². The van der Waals surface area contributed by atoms with Crippen LogP contribution in [0.25, 0.3) is 0 Å². The molecule has 2 unspecified atom stereocenters. The van der Waals surface area contributed by atoms with Gasteiger partial charge in [-0.05, 0) is 25.7 Å². The van der Waals surface area contributed by atoms with E-state index in [1.165, 1.54) is 0 Å². The highest BCUT2D eigenvalue weighted by atomic mass is 16.5. The topological polar surface area (TPSA) is 84.6 Å². The van der Waals surface area contributed by atoms with Crippen molar-refractivity contribution < 1.29 is 14.6 Å². The van der Waals surface area contributed by atoms with Crippen molar-refractivity contribution in [3.8, 4) is 0 Å². The SMILES string of the molecule is CC(CO)C(C)NC(=O)C1(CN)CCOCC1. The molecule has 4 N–H and O–H groups in total. The van der Waals surface area contributed by atoms with Crippen molar-refractivity contribution in [3.63, 3.8) is 0 Å². The minimum absolute atomic E-state index is 0.00361. The average Bonchev–Trinajstić information content (AvgIpc) is 2.38. The van der Waals surface area contributed by atoms with Crippen LogP contribution in [0.2, 0.25) is 0 Å². The van der Waals surface area contributed by atoms with Gasteiger partial charge in [-0.1, -0.05) is 6.92 Å². The first-order chi connectivity index (χ1) is 8.05. The van der Waals surface area contributed by atoms with Crippen LogP contribution in [-0.4, -0.2) is 43.4 Å². The average molecular weight is 244 g/mol. The molecule has 1 amide bonds. The lowest BCUT2D eigenvalue weighted by Crippen LogP contribution is -2.52. The smallest absolute Gasteiger partial charge is 0.227 e. The molecule has 5 nitrogen and oxygen atoms in total. The van der Waals surface area contributed by atoms with Crippen molar-refractivity contribution in [1.29, 1.82) is 0 Å². The normalized spacial score (nSPS) is 22.8. The van der Waals surface area contributed by atoms with Gasteiger partial charge in [-0.25, -0.2) is 0 Å². The molecule has 1 heterocycles. The summed E-state index contributed by atoms with van der Waals surface area (Å²) in [7, 11) is 0. The molecular formula is C12H24N2O3. The summed E-state index contributed by atoms with van der Waals surface area (Å²) < 4.78 is 5.27. The lowest BCUT2D eigenvalue weighted by molar-refractivity contribution is -0.137. The first-order valence-corrected chi connectivity index (χ1v) is 6.25. The molecular weight excluding hydrogens is 220 g/mol. The minimum Gasteiger partial charge on any atom is -0.396 e. The molecule has 100 valence electrons. The van der Waals surface area contributed by atoms with Crippen LogP contribution in [0.4, 0.5) is 0 Å². The summed E-state index contributed by atoms with van der Waals surface area (Å²) in [5, 5.41) is 12.0. The molecule has 0 aromatic heterocycles. The van der Waals surface area contributed by atoms with Crippen LogP contribution in [-0.2, 0) is 9.53 Å². The number of aliphatic hydroxyl groups is 1. The second kappa shape index (κ2) is 6.33. The summed E-state index contributed by atoms with van der Waals surface area (Å²) in [4.78, 5) is 12.3. The summed E-state index contributed by atoms with van der Waals surface area (Å²) in [6.07, 6.45) is 1.35. The lowest BCUT2D eigenvalue weighted by Gasteiger charge is -2.36. The second-order valence-electron chi connectivity index (χ2n) is 5.02. The zero-order valence-corrected chi connectivity index (χ0v) is 10.7. The van der Waals surface area contributed by atoms with E-state index in [1.807, 2.05) is 13.8 Å². The van der Waals surface area contributed by atoms with Crippen molar-refractivity contribution in [2.45, 2.75) is 32.7 Å². The van der Waals surface area contributed by atoms with Crippen LogP contribution in [0.1, 0.15) is 26.7 Å². The molecule has 0 saturated carbocycles. The Morgan fingerprint density at radius 3 is 2.53 bits per heavy atom. The van der Waals surface area contributed by atoms with Gasteiger partial charge < -0.3 is 20.9 Å². The van der Waals surface area contributed by atoms with E-state index >= 15 is 0 Å². The highest BCUT2D eigenvalue weighted by Gasteiger charge is 2.39. The number of hydrogen-bond donors (Lipinski definition) is 3. The van der Waals surface area contributed by atoms with Crippen LogP contribution in [0, 0.1) is 11.3 Å². The molecule has 17 heavy (non-hydrogen) atoms. The Hall–Kier alpha value is -0.650. The van der Waals surface area contributed by atoms with Crippen molar-refractivity contribution >= 4 is 5.91 Å². The van der Waals surface area contributed by atoms with Gasteiger partial charge in [0.1, 0.15) is 0 Å². The monoisotopic (exact) mass is 244 g/mol.